The van der Waals surface area contributed by atoms with Crippen molar-refractivity contribution in [3.05, 3.63) is 63.0 Å². The van der Waals surface area contributed by atoms with Crippen LogP contribution in [-0.2, 0) is 9.59 Å². The van der Waals surface area contributed by atoms with Crippen LogP contribution in [0.4, 0.5) is 5.69 Å². The van der Waals surface area contributed by atoms with Crippen LogP contribution in [0, 0.1) is 18.3 Å². The van der Waals surface area contributed by atoms with Crippen LogP contribution in [0.5, 0.6) is 0 Å². The minimum absolute atomic E-state index is 0.0702. The van der Waals surface area contributed by atoms with Crippen LogP contribution in [0.15, 0.2) is 55.9 Å². The highest BCUT2D eigenvalue weighted by molar-refractivity contribution is 9.10. The van der Waals surface area contributed by atoms with Crippen molar-refractivity contribution in [1.82, 2.24) is 5.32 Å². The van der Waals surface area contributed by atoms with Crippen molar-refractivity contribution in [2.75, 3.05) is 11.1 Å². The van der Waals surface area contributed by atoms with E-state index in [2.05, 4.69) is 32.6 Å². The summed E-state index contributed by atoms with van der Waals surface area (Å²) in [5, 5.41) is 15.5. The lowest BCUT2D eigenvalue weighted by Gasteiger charge is -2.23. The number of aryl methyl sites for hydroxylation is 1. The van der Waals surface area contributed by atoms with Gasteiger partial charge < -0.3 is 15.1 Å². The van der Waals surface area contributed by atoms with Gasteiger partial charge in [-0.1, -0.05) is 27.7 Å². The van der Waals surface area contributed by atoms with Crippen LogP contribution in [0.25, 0.3) is 0 Å². The van der Waals surface area contributed by atoms with E-state index in [1.165, 1.54) is 0 Å². The molecule has 0 saturated carbocycles. The number of carbonyl (C=O) groups excluding carboxylic acids is 2. The number of halogens is 1. The fourth-order valence-corrected chi connectivity index (χ4v) is 3.83. The van der Waals surface area contributed by atoms with E-state index >= 15 is 0 Å². The molecule has 8 heteroatoms. The van der Waals surface area contributed by atoms with Gasteiger partial charge in [0.2, 0.25) is 11.8 Å². The van der Waals surface area contributed by atoms with E-state index in [1.807, 2.05) is 19.1 Å². The number of hydrogen-bond donors (Lipinski definition) is 2. The molecule has 2 aromatic rings. The van der Waals surface area contributed by atoms with E-state index in [4.69, 9.17) is 4.42 Å². The van der Waals surface area contributed by atoms with Gasteiger partial charge in [0.05, 0.1) is 28.3 Å². The van der Waals surface area contributed by atoms with E-state index < -0.39 is 5.92 Å². The Bertz CT molecular complexity index is 944. The Morgan fingerprint density at radius 1 is 1.37 bits per heavy atom. The van der Waals surface area contributed by atoms with Gasteiger partial charge in [0.1, 0.15) is 11.5 Å². The van der Waals surface area contributed by atoms with Gasteiger partial charge in [-0.3, -0.25) is 9.59 Å². The Labute approximate surface area is 169 Å². The topological polar surface area (TPSA) is 95.1 Å². The third-order valence-electron chi connectivity index (χ3n) is 3.94. The third kappa shape index (κ3) is 4.81. The van der Waals surface area contributed by atoms with Gasteiger partial charge in [0.15, 0.2) is 0 Å². The maximum Gasteiger partial charge on any atom is 0.234 e. The number of benzene rings is 1. The molecule has 0 spiro atoms. The number of rotatable bonds is 5. The number of hydrogen-bond acceptors (Lipinski definition) is 5. The molecule has 1 aromatic heterocycles. The van der Waals surface area contributed by atoms with Crippen molar-refractivity contribution in [2.45, 2.75) is 19.3 Å². The van der Waals surface area contributed by atoms with Crippen molar-refractivity contribution >= 4 is 45.2 Å². The number of furan rings is 1. The second kappa shape index (κ2) is 8.46. The first-order valence-corrected chi connectivity index (χ1v) is 9.93. The summed E-state index contributed by atoms with van der Waals surface area (Å²) < 4.78 is 6.53. The SMILES string of the molecule is Cc1ccc([C@H]2CC(=O)NC(SCC(=O)Nc3ccc(Br)cc3)=C2C#N)o1. The first kappa shape index (κ1) is 19.3. The third-order valence-corrected chi connectivity index (χ3v) is 5.48. The molecule has 0 unspecified atom stereocenters. The second-order valence-corrected chi connectivity index (χ2v) is 7.85. The van der Waals surface area contributed by atoms with Crippen LogP contribution in [-0.4, -0.2) is 17.6 Å². The number of anilines is 1. The lowest BCUT2D eigenvalue weighted by Crippen LogP contribution is -2.31. The minimum atomic E-state index is -0.436. The molecule has 0 radical (unpaired) electrons. The van der Waals surface area contributed by atoms with Crippen LogP contribution in [0.3, 0.4) is 0 Å². The molecule has 0 bridgehead atoms. The van der Waals surface area contributed by atoms with Gasteiger partial charge in [-0.15, -0.1) is 0 Å². The van der Waals surface area contributed by atoms with E-state index in [9.17, 15) is 14.9 Å². The Morgan fingerprint density at radius 3 is 2.74 bits per heavy atom. The van der Waals surface area contributed by atoms with Gasteiger partial charge >= 0.3 is 0 Å². The Balaban J connectivity index is 1.72. The van der Waals surface area contributed by atoms with Crippen LogP contribution in [0.2, 0.25) is 0 Å². The van der Waals surface area contributed by atoms with Gasteiger partial charge in [0, 0.05) is 16.6 Å². The van der Waals surface area contributed by atoms with E-state index in [-0.39, 0.29) is 24.0 Å². The molecular formula is C19H16BrN3O3S. The lowest BCUT2D eigenvalue weighted by atomic mass is 9.92. The molecule has 2 N–H and O–H groups in total. The summed E-state index contributed by atoms with van der Waals surface area (Å²) in [4.78, 5) is 24.3. The van der Waals surface area contributed by atoms with Crippen molar-refractivity contribution in [2.24, 2.45) is 0 Å². The number of thioether (sulfide) groups is 1. The molecule has 1 aliphatic heterocycles. The fraction of sp³-hybridized carbons (Fsp3) is 0.211. The van der Waals surface area contributed by atoms with Crippen molar-refractivity contribution < 1.29 is 14.0 Å². The highest BCUT2D eigenvalue weighted by Gasteiger charge is 2.31. The quantitative estimate of drug-likeness (QED) is 0.723. The van der Waals surface area contributed by atoms with E-state index in [1.54, 1.807) is 24.3 Å². The first-order chi connectivity index (χ1) is 13.0. The van der Waals surface area contributed by atoms with Gasteiger partial charge in [-0.05, 0) is 43.3 Å². The van der Waals surface area contributed by atoms with E-state index in [0.29, 0.717) is 22.0 Å². The average Bonchev–Trinajstić information content (AvgIpc) is 3.07. The molecule has 1 aliphatic rings. The molecule has 6 nitrogen and oxygen atoms in total. The van der Waals surface area contributed by atoms with Crippen molar-refractivity contribution in [3.63, 3.8) is 0 Å². The summed E-state index contributed by atoms with van der Waals surface area (Å²) in [6, 6.07) is 13.0. The molecule has 3 rings (SSSR count). The van der Waals surface area contributed by atoms with Crippen LogP contribution < -0.4 is 10.6 Å². The molecule has 27 heavy (non-hydrogen) atoms. The summed E-state index contributed by atoms with van der Waals surface area (Å²) in [7, 11) is 0. The predicted molar refractivity (Wildman–Crippen MR) is 107 cm³/mol. The normalized spacial score (nSPS) is 16.6. The summed E-state index contributed by atoms with van der Waals surface area (Å²) in [6.45, 7) is 1.81. The maximum atomic E-state index is 12.2. The average molecular weight is 446 g/mol. The zero-order chi connectivity index (χ0) is 19.4. The van der Waals surface area contributed by atoms with Crippen LogP contribution in [0.1, 0.15) is 23.9 Å². The Morgan fingerprint density at radius 2 is 2.11 bits per heavy atom. The summed E-state index contributed by atoms with van der Waals surface area (Å²) in [6.07, 6.45) is 0.144. The zero-order valence-electron chi connectivity index (χ0n) is 14.4. The fourth-order valence-electron chi connectivity index (χ4n) is 2.68. The van der Waals surface area contributed by atoms with Gasteiger partial charge in [-0.25, -0.2) is 0 Å². The largest absolute Gasteiger partial charge is 0.466 e. The summed E-state index contributed by atoms with van der Waals surface area (Å²) in [5.74, 6) is 0.504. The smallest absolute Gasteiger partial charge is 0.234 e. The first-order valence-electron chi connectivity index (χ1n) is 8.15. The highest BCUT2D eigenvalue weighted by atomic mass is 79.9. The van der Waals surface area contributed by atoms with Gasteiger partial charge in [0.25, 0.3) is 0 Å². The zero-order valence-corrected chi connectivity index (χ0v) is 16.8. The van der Waals surface area contributed by atoms with Gasteiger partial charge in [-0.2, -0.15) is 5.26 Å². The number of amides is 2. The summed E-state index contributed by atoms with van der Waals surface area (Å²) >= 11 is 4.47. The van der Waals surface area contributed by atoms with Crippen molar-refractivity contribution in [1.29, 1.82) is 5.26 Å². The number of nitriles is 1. The molecule has 138 valence electrons. The molecule has 0 aliphatic carbocycles. The van der Waals surface area contributed by atoms with E-state index in [0.717, 1.165) is 22.0 Å². The molecule has 0 saturated heterocycles. The summed E-state index contributed by atoms with van der Waals surface area (Å²) in [5.41, 5.74) is 1.08. The standard InChI is InChI=1S/C19H16BrN3O3S/c1-11-2-7-16(26-11)14-8-17(24)23-19(15(14)9-21)27-10-18(25)22-13-5-3-12(20)4-6-13/h2-7,14H,8,10H2,1H3,(H,22,25)(H,23,24)/t14-/m0/s1. The monoisotopic (exact) mass is 445 g/mol. The minimum Gasteiger partial charge on any atom is -0.466 e. The number of nitrogens with zero attached hydrogens (tertiary/aromatic N) is 1. The molecular weight excluding hydrogens is 430 g/mol. The highest BCUT2D eigenvalue weighted by Crippen LogP contribution is 2.36. The molecule has 0 fully saturated rings. The predicted octanol–water partition coefficient (Wildman–Crippen LogP) is 4.06. The maximum absolute atomic E-state index is 12.2. The molecule has 1 aromatic carbocycles. The molecule has 1 atom stereocenters. The van der Waals surface area contributed by atoms with Crippen LogP contribution >= 0.6 is 27.7 Å². The lowest BCUT2D eigenvalue weighted by molar-refractivity contribution is -0.121. The molecule has 2 amide bonds. The second-order valence-electron chi connectivity index (χ2n) is 5.95. The Hall–Kier alpha value is -2.50. The number of carbonyl (C=O) groups is 2. The van der Waals surface area contributed by atoms with Crippen molar-refractivity contribution in [3.8, 4) is 6.07 Å². The Kier molecular flexibility index (Phi) is 6.04. The number of nitrogens with one attached hydrogen (secondary N) is 2. The number of allylic oxidation sites excluding steroid dienone is 1. The molecule has 2 heterocycles.